The zero-order chi connectivity index (χ0) is 17.9. The van der Waals surface area contributed by atoms with Crippen molar-refractivity contribution in [2.75, 3.05) is 18.9 Å². The number of aryl methyl sites for hydroxylation is 1. The van der Waals surface area contributed by atoms with Gasteiger partial charge in [-0.05, 0) is 25.7 Å². The maximum atomic E-state index is 6.11. The van der Waals surface area contributed by atoms with Gasteiger partial charge in [0, 0.05) is 24.6 Å². The predicted molar refractivity (Wildman–Crippen MR) is 96.6 cm³/mol. The van der Waals surface area contributed by atoms with Gasteiger partial charge in [-0.25, -0.2) is 4.68 Å². The van der Waals surface area contributed by atoms with E-state index in [0.717, 1.165) is 43.8 Å². The second-order valence-electron chi connectivity index (χ2n) is 7.60. The van der Waals surface area contributed by atoms with Gasteiger partial charge in [-0.1, -0.05) is 20.8 Å². The molecule has 1 unspecified atom stereocenters. The molecule has 0 bridgehead atoms. The lowest BCUT2D eigenvalue weighted by Gasteiger charge is -2.22. The van der Waals surface area contributed by atoms with Crippen molar-refractivity contribution >= 4 is 5.82 Å². The number of anilines is 1. The third-order valence-electron chi connectivity index (χ3n) is 4.34. The minimum absolute atomic E-state index is 0.0263. The third kappa shape index (κ3) is 4.61. The van der Waals surface area contributed by atoms with Crippen LogP contribution in [0.4, 0.5) is 5.82 Å². The Balaban J connectivity index is 1.53. The van der Waals surface area contributed by atoms with Crippen LogP contribution in [-0.4, -0.2) is 39.1 Å². The van der Waals surface area contributed by atoms with E-state index >= 15 is 0 Å². The van der Waals surface area contributed by atoms with Crippen LogP contribution in [-0.2, 0) is 21.4 Å². The van der Waals surface area contributed by atoms with Crippen molar-refractivity contribution in [2.24, 2.45) is 0 Å². The van der Waals surface area contributed by atoms with Gasteiger partial charge in [-0.15, -0.1) is 0 Å². The van der Waals surface area contributed by atoms with Gasteiger partial charge in [0.15, 0.2) is 6.29 Å². The van der Waals surface area contributed by atoms with E-state index in [0.29, 0.717) is 12.4 Å². The van der Waals surface area contributed by atoms with E-state index in [2.05, 4.69) is 31.0 Å². The molecule has 0 radical (unpaired) electrons. The van der Waals surface area contributed by atoms with Gasteiger partial charge >= 0.3 is 0 Å². The number of nitrogens with two attached hydrogens (primary N) is 1. The van der Waals surface area contributed by atoms with Crippen molar-refractivity contribution in [1.29, 1.82) is 0 Å². The number of hydrogen-bond acceptors (Lipinski definition) is 5. The molecular formula is C18H29N5O2. The molecule has 25 heavy (non-hydrogen) atoms. The molecule has 7 heteroatoms. The Morgan fingerprint density at radius 3 is 2.88 bits per heavy atom. The molecule has 0 spiro atoms. The van der Waals surface area contributed by atoms with E-state index in [1.54, 1.807) is 10.9 Å². The SMILES string of the molecule is CC(C)(C)c1cc(N)n(-c2cnn(CCCOC3CCCCO3)c2)n1. The molecule has 3 heterocycles. The van der Waals surface area contributed by atoms with Crippen LogP contribution in [0, 0.1) is 0 Å². The Morgan fingerprint density at radius 2 is 2.20 bits per heavy atom. The number of nitrogen functional groups attached to an aromatic ring is 1. The third-order valence-corrected chi connectivity index (χ3v) is 4.34. The topological polar surface area (TPSA) is 80.1 Å². The maximum absolute atomic E-state index is 6.11. The molecule has 3 rings (SSSR count). The van der Waals surface area contributed by atoms with Crippen LogP contribution < -0.4 is 5.73 Å². The van der Waals surface area contributed by atoms with Crippen molar-refractivity contribution in [3.63, 3.8) is 0 Å². The van der Waals surface area contributed by atoms with Gasteiger partial charge in [0.2, 0.25) is 0 Å². The monoisotopic (exact) mass is 347 g/mol. The predicted octanol–water partition coefficient (Wildman–Crippen LogP) is 2.88. The fraction of sp³-hybridized carbons (Fsp3) is 0.667. The second-order valence-corrected chi connectivity index (χ2v) is 7.60. The molecule has 1 fully saturated rings. The highest BCUT2D eigenvalue weighted by atomic mass is 16.7. The summed E-state index contributed by atoms with van der Waals surface area (Å²) in [6.07, 6.45) is 7.96. The Labute approximate surface area is 149 Å². The van der Waals surface area contributed by atoms with Gasteiger partial charge in [0.05, 0.1) is 24.7 Å². The Kier molecular flexibility index (Phi) is 5.44. The second kappa shape index (κ2) is 7.58. The van der Waals surface area contributed by atoms with E-state index < -0.39 is 0 Å². The summed E-state index contributed by atoms with van der Waals surface area (Å²) in [7, 11) is 0. The van der Waals surface area contributed by atoms with Crippen LogP contribution in [0.2, 0.25) is 0 Å². The van der Waals surface area contributed by atoms with Gasteiger partial charge in [0.25, 0.3) is 0 Å². The molecule has 1 atom stereocenters. The minimum Gasteiger partial charge on any atom is -0.384 e. The van der Waals surface area contributed by atoms with Gasteiger partial charge < -0.3 is 15.2 Å². The molecule has 0 amide bonds. The molecule has 0 saturated carbocycles. The highest BCUT2D eigenvalue weighted by Crippen LogP contribution is 2.24. The number of aromatic nitrogens is 4. The lowest BCUT2D eigenvalue weighted by atomic mass is 9.92. The maximum Gasteiger partial charge on any atom is 0.157 e. The van der Waals surface area contributed by atoms with E-state index in [1.807, 2.05) is 16.9 Å². The lowest BCUT2D eigenvalue weighted by Crippen LogP contribution is -2.23. The van der Waals surface area contributed by atoms with Crippen molar-refractivity contribution in [3.05, 3.63) is 24.2 Å². The smallest absolute Gasteiger partial charge is 0.157 e. The summed E-state index contributed by atoms with van der Waals surface area (Å²) in [6.45, 7) is 8.66. The van der Waals surface area contributed by atoms with Gasteiger partial charge in [-0.3, -0.25) is 4.68 Å². The summed E-state index contributed by atoms with van der Waals surface area (Å²) in [5.74, 6) is 0.627. The van der Waals surface area contributed by atoms with E-state index in [-0.39, 0.29) is 11.7 Å². The van der Waals surface area contributed by atoms with Crippen molar-refractivity contribution in [1.82, 2.24) is 19.6 Å². The summed E-state index contributed by atoms with van der Waals surface area (Å²) in [5, 5.41) is 9.02. The van der Waals surface area contributed by atoms with E-state index in [9.17, 15) is 0 Å². The molecule has 2 aromatic rings. The summed E-state index contributed by atoms with van der Waals surface area (Å²) >= 11 is 0. The molecule has 1 aliphatic rings. The zero-order valence-corrected chi connectivity index (χ0v) is 15.4. The molecule has 2 N–H and O–H groups in total. The molecule has 0 aromatic carbocycles. The molecular weight excluding hydrogens is 318 g/mol. The van der Waals surface area contributed by atoms with Crippen LogP contribution in [0.5, 0.6) is 0 Å². The minimum atomic E-state index is -0.0338. The lowest BCUT2D eigenvalue weighted by molar-refractivity contribution is -0.163. The largest absolute Gasteiger partial charge is 0.384 e. The van der Waals surface area contributed by atoms with Crippen LogP contribution in [0.15, 0.2) is 18.5 Å². The summed E-state index contributed by atoms with van der Waals surface area (Å²) in [4.78, 5) is 0. The number of hydrogen-bond donors (Lipinski definition) is 1. The van der Waals surface area contributed by atoms with Crippen LogP contribution in [0.1, 0.15) is 52.1 Å². The highest BCUT2D eigenvalue weighted by Gasteiger charge is 2.20. The average molecular weight is 347 g/mol. The number of nitrogens with zero attached hydrogens (tertiary/aromatic N) is 4. The molecule has 0 aliphatic carbocycles. The first-order chi connectivity index (χ1) is 11.9. The number of ether oxygens (including phenoxy) is 2. The molecule has 1 saturated heterocycles. The van der Waals surface area contributed by atoms with E-state index in [1.165, 1.54) is 6.42 Å². The first-order valence-electron chi connectivity index (χ1n) is 9.05. The van der Waals surface area contributed by atoms with Crippen LogP contribution >= 0.6 is 0 Å². The highest BCUT2D eigenvalue weighted by molar-refractivity contribution is 5.42. The Bertz CT molecular complexity index is 680. The molecule has 7 nitrogen and oxygen atoms in total. The summed E-state index contributed by atoms with van der Waals surface area (Å²) in [6, 6.07) is 1.93. The summed E-state index contributed by atoms with van der Waals surface area (Å²) < 4.78 is 15.0. The van der Waals surface area contributed by atoms with Crippen molar-refractivity contribution < 1.29 is 9.47 Å². The first kappa shape index (κ1) is 17.9. The quantitative estimate of drug-likeness (QED) is 0.813. The van der Waals surface area contributed by atoms with Crippen molar-refractivity contribution in [2.45, 2.75) is 64.7 Å². The fourth-order valence-electron chi connectivity index (χ4n) is 2.84. The van der Waals surface area contributed by atoms with Gasteiger partial charge in [0.1, 0.15) is 11.5 Å². The number of rotatable bonds is 6. The molecule has 2 aromatic heterocycles. The average Bonchev–Trinajstić information content (AvgIpc) is 3.18. The molecule has 138 valence electrons. The van der Waals surface area contributed by atoms with Crippen LogP contribution in [0.25, 0.3) is 5.69 Å². The van der Waals surface area contributed by atoms with Gasteiger partial charge in [-0.2, -0.15) is 10.2 Å². The Hall–Kier alpha value is -1.86. The molecule has 1 aliphatic heterocycles. The van der Waals surface area contributed by atoms with Crippen molar-refractivity contribution in [3.8, 4) is 5.69 Å². The normalized spacial score (nSPS) is 18.6. The first-order valence-corrected chi connectivity index (χ1v) is 9.05. The van der Waals surface area contributed by atoms with Crippen LogP contribution in [0.3, 0.4) is 0 Å². The Morgan fingerprint density at radius 1 is 1.36 bits per heavy atom. The van der Waals surface area contributed by atoms with E-state index in [4.69, 9.17) is 15.2 Å². The fourth-order valence-corrected chi connectivity index (χ4v) is 2.84. The standard InChI is InChI=1S/C18H29N5O2/c1-18(2,3)15-11-16(19)23(21-15)14-12-20-22(13-14)8-6-10-25-17-7-4-5-9-24-17/h11-13,17H,4-10,19H2,1-3H3. The summed E-state index contributed by atoms with van der Waals surface area (Å²) in [5.41, 5.74) is 7.93. The zero-order valence-electron chi connectivity index (χ0n) is 15.4.